The summed E-state index contributed by atoms with van der Waals surface area (Å²) in [6.45, 7) is 3.58. The Hall–Kier alpha value is -3.08. The van der Waals surface area contributed by atoms with E-state index in [1.807, 2.05) is 30.3 Å². The Morgan fingerprint density at radius 2 is 1.62 bits per heavy atom. The van der Waals surface area contributed by atoms with Gasteiger partial charge in [-0.1, -0.05) is 18.2 Å². The Bertz CT molecular complexity index is 750. The van der Waals surface area contributed by atoms with Gasteiger partial charge in [-0.15, -0.1) is 0 Å². The van der Waals surface area contributed by atoms with E-state index < -0.39 is 5.97 Å². The highest BCUT2D eigenvalue weighted by Crippen LogP contribution is 2.22. The number of hydrogen-bond donors (Lipinski definition) is 2. The molecule has 0 saturated carbocycles. The average molecular weight is 324 g/mol. The number of para-hydroxylation sites is 1. The van der Waals surface area contributed by atoms with Crippen molar-refractivity contribution >= 4 is 11.7 Å². The number of carbonyl (C=O) groups is 1. The van der Waals surface area contributed by atoms with Crippen molar-refractivity contribution in [1.29, 1.82) is 5.41 Å². The third kappa shape index (κ3) is 4.23. The number of rotatable bonds is 6. The molecule has 0 atom stereocenters. The molecule has 0 aromatic heterocycles. The van der Waals surface area contributed by atoms with Crippen LogP contribution in [0.2, 0.25) is 0 Å². The van der Waals surface area contributed by atoms with Gasteiger partial charge in [-0.3, -0.25) is 5.41 Å². The van der Waals surface area contributed by atoms with Gasteiger partial charge < -0.3 is 15.2 Å². The minimum atomic E-state index is -0.608. The van der Waals surface area contributed by atoms with Crippen LogP contribution in [-0.4, -0.2) is 18.3 Å². The van der Waals surface area contributed by atoms with E-state index in [0.29, 0.717) is 16.9 Å². The second kappa shape index (κ2) is 7.97. The van der Waals surface area contributed by atoms with Crippen molar-refractivity contribution in [3.63, 3.8) is 0 Å². The molecule has 0 aliphatic carbocycles. The molecule has 3 N–H and O–H groups in total. The third-order valence-corrected chi connectivity index (χ3v) is 3.40. The highest BCUT2D eigenvalue weighted by molar-refractivity contribution is 6.13. The molecular weight excluding hydrogens is 304 g/mol. The second-order valence-corrected chi connectivity index (χ2v) is 5.07. The van der Waals surface area contributed by atoms with Crippen LogP contribution in [0.4, 0.5) is 0 Å². The van der Waals surface area contributed by atoms with Crippen molar-refractivity contribution < 1.29 is 14.3 Å². The predicted octanol–water partition coefficient (Wildman–Crippen LogP) is 3.64. The summed E-state index contributed by atoms with van der Waals surface area (Å²) < 4.78 is 10.6. The van der Waals surface area contributed by atoms with Crippen molar-refractivity contribution in [3.05, 3.63) is 71.4 Å². The molecule has 2 rings (SSSR count). The number of benzene rings is 2. The van der Waals surface area contributed by atoms with Gasteiger partial charge in [-0.25, -0.2) is 4.79 Å². The summed E-state index contributed by atoms with van der Waals surface area (Å²) >= 11 is 0. The van der Waals surface area contributed by atoms with Crippen LogP contribution >= 0.6 is 0 Å². The first-order valence-electron chi connectivity index (χ1n) is 7.58. The average Bonchev–Trinajstić information content (AvgIpc) is 2.61. The lowest BCUT2D eigenvalue weighted by atomic mass is 10.0. The maximum absolute atomic E-state index is 11.7. The molecule has 2 aromatic carbocycles. The molecule has 0 heterocycles. The second-order valence-electron chi connectivity index (χ2n) is 5.07. The van der Waals surface area contributed by atoms with Gasteiger partial charge in [0.05, 0.1) is 12.3 Å². The van der Waals surface area contributed by atoms with Gasteiger partial charge in [0, 0.05) is 11.1 Å². The summed E-state index contributed by atoms with van der Waals surface area (Å²) in [5.74, 6) is 0.796. The van der Waals surface area contributed by atoms with E-state index in [0.717, 1.165) is 5.75 Å². The van der Waals surface area contributed by atoms with Gasteiger partial charge in [-0.2, -0.15) is 0 Å². The number of allylic oxidation sites excluding steroid dienone is 1. The first-order chi connectivity index (χ1) is 11.5. The minimum Gasteiger partial charge on any atom is -0.461 e. The van der Waals surface area contributed by atoms with Crippen LogP contribution in [-0.2, 0) is 9.53 Å². The molecule has 0 aliphatic heterocycles. The van der Waals surface area contributed by atoms with E-state index in [4.69, 9.17) is 20.6 Å². The Labute approximate surface area is 141 Å². The molecule has 0 fully saturated rings. The summed E-state index contributed by atoms with van der Waals surface area (Å²) in [6, 6.07) is 16.5. The van der Waals surface area contributed by atoms with Gasteiger partial charge in [0.2, 0.25) is 0 Å². The van der Waals surface area contributed by atoms with Crippen molar-refractivity contribution in [2.75, 3.05) is 6.61 Å². The molecule has 24 heavy (non-hydrogen) atoms. The smallest absolute Gasteiger partial charge is 0.354 e. The highest BCUT2D eigenvalue weighted by atomic mass is 16.5. The molecule has 0 amide bonds. The largest absolute Gasteiger partial charge is 0.461 e. The van der Waals surface area contributed by atoms with E-state index in [-0.39, 0.29) is 18.0 Å². The predicted molar refractivity (Wildman–Crippen MR) is 93.3 cm³/mol. The normalized spacial score (nSPS) is 11.4. The van der Waals surface area contributed by atoms with Crippen molar-refractivity contribution in [1.82, 2.24) is 0 Å². The first kappa shape index (κ1) is 17.3. The zero-order valence-electron chi connectivity index (χ0n) is 13.7. The molecule has 0 aliphatic rings. The summed E-state index contributed by atoms with van der Waals surface area (Å²) in [5, 5.41) is 8.20. The Morgan fingerprint density at radius 1 is 1.04 bits per heavy atom. The maximum atomic E-state index is 11.7. The molecule has 124 valence electrons. The van der Waals surface area contributed by atoms with Crippen LogP contribution in [0.3, 0.4) is 0 Å². The van der Waals surface area contributed by atoms with Crippen LogP contribution in [0.1, 0.15) is 19.4 Å². The van der Waals surface area contributed by atoms with E-state index in [2.05, 4.69) is 0 Å². The monoisotopic (exact) mass is 324 g/mol. The fourth-order valence-corrected chi connectivity index (χ4v) is 2.03. The molecule has 5 nitrogen and oxygen atoms in total. The highest BCUT2D eigenvalue weighted by Gasteiger charge is 2.14. The van der Waals surface area contributed by atoms with Crippen LogP contribution in [0.5, 0.6) is 11.5 Å². The lowest BCUT2D eigenvalue weighted by molar-refractivity contribution is -0.138. The molecule has 2 aromatic rings. The standard InChI is InChI=1S/C19H20N2O3/c1-3-23-19(22)18(21)13(2)17(20)14-9-11-16(12-10-14)24-15-7-5-4-6-8-15/h4-12,20H,3,21H2,1-2H3/b18-13-,20-17?. The number of esters is 1. The van der Waals surface area contributed by atoms with E-state index >= 15 is 0 Å². The molecule has 5 heteroatoms. The molecular formula is C19H20N2O3. The number of hydrogen-bond acceptors (Lipinski definition) is 5. The number of ether oxygens (including phenoxy) is 2. The molecule has 0 radical (unpaired) electrons. The molecule has 0 unspecified atom stereocenters. The van der Waals surface area contributed by atoms with Gasteiger partial charge in [-0.05, 0) is 50.2 Å². The maximum Gasteiger partial charge on any atom is 0.354 e. The zero-order valence-corrected chi connectivity index (χ0v) is 13.7. The summed E-state index contributed by atoms with van der Waals surface area (Å²) in [4.78, 5) is 11.7. The zero-order chi connectivity index (χ0) is 17.5. The van der Waals surface area contributed by atoms with E-state index in [9.17, 15) is 4.79 Å². The minimum absolute atomic E-state index is 0.0496. The number of nitrogens with two attached hydrogens (primary N) is 1. The van der Waals surface area contributed by atoms with Crippen LogP contribution in [0.25, 0.3) is 0 Å². The molecule has 0 spiro atoms. The third-order valence-electron chi connectivity index (χ3n) is 3.40. The summed E-state index contributed by atoms with van der Waals surface area (Å²) in [5.41, 5.74) is 6.90. The van der Waals surface area contributed by atoms with Gasteiger partial charge in [0.15, 0.2) is 0 Å². The van der Waals surface area contributed by atoms with Crippen LogP contribution in [0.15, 0.2) is 65.9 Å². The Morgan fingerprint density at radius 3 is 2.21 bits per heavy atom. The van der Waals surface area contributed by atoms with Gasteiger partial charge >= 0.3 is 5.97 Å². The van der Waals surface area contributed by atoms with Crippen LogP contribution in [0, 0.1) is 5.41 Å². The quantitative estimate of drug-likeness (QED) is 0.482. The van der Waals surface area contributed by atoms with Crippen molar-refractivity contribution in [2.45, 2.75) is 13.8 Å². The van der Waals surface area contributed by atoms with Gasteiger partial charge in [0.25, 0.3) is 0 Å². The number of nitrogens with one attached hydrogen (secondary N) is 1. The summed E-state index contributed by atoms with van der Waals surface area (Å²) in [7, 11) is 0. The molecule has 0 saturated heterocycles. The SMILES string of the molecule is CCOC(=O)/C(N)=C(\C)C(=N)c1ccc(Oc2ccccc2)cc1. The van der Waals surface area contributed by atoms with Crippen molar-refractivity contribution in [3.8, 4) is 11.5 Å². The van der Waals surface area contributed by atoms with E-state index in [1.54, 1.807) is 38.1 Å². The topological polar surface area (TPSA) is 85.4 Å². The van der Waals surface area contributed by atoms with E-state index in [1.165, 1.54) is 0 Å². The fraction of sp³-hybridized carbons (Fsp3) is 0.158. The lowest BCUT2D eigenvalue weighted by Gasteiger charge is -2.10. The van der Waals surface area contributed by atoms with Crippen molar-refractivity contribution in [2.24, 2.45) is 5.73 Å². The molecule has 0 bridgehead atoms. The Balaban J connectivity index is 2.13. The first-order valence-corrected chi connectivity index (χ1v) is 7.58. The van der Waals surface area contributed by atoms with Crippen LogP contribution < -0.4 is 10.5 Å². The summed E-state index contributed by atoms with van der Waals surface area (Å²) in [6.07, 6.45) is 0. The van der Waals surface area contributed by atoms with Gasteiger partial charge in [0.1, 0.15) is 17.2 Å². The number of carbonyl (C=O) groups excluding carboxylic acids is 1. The Kier molecular flexibility index (Phi) is 5.73. The lowest BCUT2D eigenvalue weighted by Crippen LogP contribution is -2.19. The fourth-order valence-electron chi connectivity index (χ4n) is 2.03.